The van der Waals surface area contributed by atoms with E-state index in [0.717, 1.165) is 33.4 Å². The Bertz CT molecular complexity index is 2680. The molecule has 8 aromatic rings. The molecule has 13 nitrogen and oxygen atoms in total. The first-order chi connectivity index (χ1) is 34.4. The molecule has 0 bridgehead atoms. The highest BCUT2D eigenvalue weighted by Crippen LogP contribution is 2.42. The number of carbonyl (C=O) groups excluding carboxylic acids is 2. The van der Waals surface area contributed by atoms with Crippen LogP contribution in [-0.4, -0.2) is 59.1 Å². The van der Waals surface area contributed by atoms with Gasteiger partial charge in [0.2, 0.25) is 23.0 Å². The van der Waals surface area contributed by atoms with Crippen LogP contribution in [0.3, 0.4) is 0 Å². The van der Waals surface area contributed by atoms with E-state index in [1.54, 1.807) is 38.5 Å². The van der Waals surface area contributed by atoms with Crippen LogP contribution in [-0.2, 0) is 44.6 Å². The third-order valence-corrected chi connectivity index (χ3v) is 13.1. The van der Waals surface area contributed by atoms with Crippen molar-refractivity contribution in [3.05, 3.63) is 238 Å². The Morgan fingerprint density at radius 2 is 0.690 bits per heavy atom. The van der Waals surface area contributed by atoms with Gasteiger partial charge in [-0.1, -0.05) is 192 Å². The summed E-state index contributed by atoms with van der Waals surface area (Å²) >= 11 is 2.45. The zero-order valence-corrected chi connectivity index (χ0v) is 41.6. The van der Waals surface area contributed by atoms with Gasteiger partial charge < -0.3 is 34.5 Å². The molecule has 0 radical (unpaired) electrons. The van der Waals surface area contributed by atoms with Gasteiger partial charge in [-0.2, -0.15) is 0 Å². The first-order valence-electron chi connectivity index (χ1n) is 22.6. The number of anilines is 2. The number of benzene rings is 6. The number of hydrogen-bond donors (Lipinski definition) is 2. The highest BCUT2D eigenvalue weighted by Gasteiger charge is 2.40. The molecule has 0 aliphatic heterocycles. The van der Waals surface area contributed by atoms with E-state index in [0.29, 0.717) is 10.3 Å². The van der Waals surface area contributed by atoms with Gasteiger partial charge in [0.15, 0.2) is 10.3 Å². The van der Waals surface area contributed by atoms with E-state index in [-0.39, 0.29) is 11.4 Å². The average molecular weight is 985 g/mol. The Balaban J connectivity index is 1.15. The van der Waals surface area contributed by atoms with Crippen molar-refractivity contribution in [3.8, 4) is 0 Å². The van der Waals surface area contributed by atoms with Gasteiger partial charge >= 0.3 is 11.9 Å². The number of nitrogens with zero attached hydrogens (tertiary/aromatic N) is 4. The number of carbonyl (C=O) groups is 2. The molecule has 0 saturated heterocycles. The highest BCUT2D eigenvalue weighted by molar-refractivity contribution is 7.14. The molecule has 15 heteroatoms. The Kier molecular flexibility index (Phi) is 15.3. The normalized spacial score (nSPS) is 12.5. The maximum absolute atomic E-state index is 14.5. The maximum Gasteiger partial charge on any atom is 0.370 e. The van der Waals surface area contributed by atoms with E-state index in [9.17, 15) is 9.59 Å². The predicted octanol–water partition coefficient (Wildman–Crippen LogP) is 11.4. The lowest BCUT2D eigenvalue weighted by molar-refractivity contribution is -0.197. The van der Waals surface area contributed by atoms with Crippen molar-refractivity contribution in [3.63, 3.8) is 0 Å². The maximum atomic E-state index is 14.5. The topological polar surface area (TPSA) is 155 Å². The van der Waals surface area contributed by atoms with Gasteiger partial charge in [-0.25, -0.2) is 19.6 Å². The van der Waals surface area contributed by atoms with Crippen LogP contribution in [0.25, 0.3) is 0 Å². The molecule has 0 fully saturated rings. The average Bonchev–Trinajstić information content (AvgIpc) is 4.08. The van der Waals surface area contributed by atoms with Crippen molar-refractivity contribution in [2.45, 2.75) is 50.3 Å². The molecule has 2 aromatic heterocycles. The van der Waals surface area contributed by atoms with Crippen LogP contribution in [0.5, 0.6) is 0 Å². The van der Waals surface area contributed by atoms with Gasteiger partial charge in [0.05, 0.1) is 0 Å². The largest absolute Gasteiger partial charge is 0.383 e. The Labute approximate surface area is 420 Å². The highest BCUT2D eigenvalue weighted by atomic mass is 32.1. The van der Waals surface area contributed by atoms with Crippen molar-refractivity contribution in [1.82, 2.24) is 9.97 Å². The Morgan fingerprint density at radius 3 is 0.930 bits per heavy atom. The van der Waals surface area contributed by atoms with Crippen LogP contribution in [0.4, 0.5) is 10.3 Å². The van der Waals surface area contributed by atoms with Crippen LogP contribution in [0.2, 0.25) is 0 Å². The monoisotopic (exact) mass is 984 g/mol. The SMILES string of the molecule is COC(C)(C)ON=C(C(=O)OC(=O)C(=NOC(C)(C)OC)c1csc(NC(c2ccccc2)(c2ccccc2)c2ccccc2)n1)c1csc(NC(c2ccccc2)(c2ccccc2)c2ccccc2)n1. The Hall–Kier alpha value is -7.82. The summed E-state index contributed by atoms with van der Waals surface area (Å²) in [5.74, 6) is -4.97. The molecule has 0 unspecified atom stereocenters. The third kappa shape index (κ3) is 11.1. The molecule has 0 atom stereocenters. The minimum Gasteiger partial charge on any atom is -0.383 e. The van der Waals surface area contributed by atoms with E-state index < -0.39 is 46.0 Å². The lowest BCUT2D eigenvalue weighted by atomic mass is 9.77. The first-order valence-corrected chi connectivity index (χ1v) is 24.3. The van der Waals surface area contributed by atoms with Gasteiger partial charge in [-0.05, 0) is 33.4 Å². The zero-order valence-electron chi connectivity index (χ0n) is 39.9. The number of hydrogen-bond acceptors (Lipinski definition) is 15. The quantitative estimate of drug-likeness (QED) is 0.0187. The molecular weight excluding hydrogens is 933 g/mol. The van der Waals surface area contributed by atoms with Crippen molar-refractivity contribution in [2.75, 3.05) is 24.9 Å². The number of rotatable bonds is 20. The number of aromatic nitrogens is 2. The smallest absolute Gasteiger partial charge is 0.370 e. The number of ether oxygens (including phenoxy) is 3. The summed E-state index contributed by atoms with van der Waals surface area (Å²) in [5.41, 5.74) is 3.03. The number of thiazole rings is 2. The molecule has 8 rings (SSSR count). The zero-order chi connectivity index (χ0) is 49.9. The van der Waals surface area contributed by atoms with Crippen molar-refractivity contribution in [2.24, 2.45) is 10.3 Å². The molecular formula is C56H52N6O7S2. The summed E-state index contributed by atoms with van der Waals surface area (Å²) in [5, 5.41) is 19.9. The summed E-state index contributed by atoms with van der Waals surface area (Å²) in [6.45, 7) is 6.45. The molecule has 71 heavy (non-hydrogen) atoms. The molecule has 2 N–H and O–H groups in total. The van der Waals surface area contributed by atoms with Gasteiger partial charge in [-0.15, -0.1) is 22.7 Å². The second-order valence-electron chi connectivity index (χ2n) is 17.0. The van der Waals surface area contributed by atoms with E-state index in [1.807, 2.05) is 182 Å². The van der Waals surface area contributed by atoms with Crippen LogP contribution >= 0.6 is 22.7 Å². The standard InChI is InChI=1S/C56H52N6O7S2/c1-53(2,65-5)68-61-47(45-37-70-51(57-45)59-55(39-25-13-7-14-26-39,40-27-15-8-16-28-40)41-29-17-9-18-30-41)49(63)67-50(64)48(62-69-54(3,4)66-6)46-38-71-52(58-46)60-56(42-31-19-10-20-32-42,43-33-21-11-22-34-43)44-35-23-12-24-36-44/h7-38H,1-6H3,(H,57,59)(H,58,60). The van der Waals surface area contributed by atoms with E-state index >= 15 is 0 Å². The van der Waals surface area contributed by atoms with E-state index in [1.165, 1.54) is 36.9 Å². The Morgan fingerprint density at radius 1 is 0.437 bits per heavy atom. The molecule has 6 aromatic carbocycles. The minimum atomic E-state index is -1.29. The summed E-state index contributed by atoms with van der Waals surface area (Å²) in [7, 11) is 2.87. The predicted molar refractivity (Wildman–Crippen MR) is 278 cm³/mol. The fourth-order valence-electron chi connectivity index (χ4n) is 7.71. The van der Waals surface area contributed by atoms with Gasteiger partial charge in [0.25, 0.3) is 0 Å². The summed E-state index contributed by atoms with van der Waals surface area (Å²) in [4.78, 5) is 50.2. The molecule has 0 amide bonds. The van der Waals surface area contributed by atoms with Crippen molar-refractivity contribution in [1.29, 1.82) is 0 Å². The van der Waals surface area contributed by atoms with Crippen molar-refractivity contribution < 1.29 is 33.5 Å². The van der Waals surface area contributed by atoms with Gasteiger partial charge in [-0.3, -0.25) is 0 Å². The molecule has 0 saturated carbocycles. The number of nitrogens with one attached hydrogen (secondary N) is 2. The molecule has 0 aliphatic carbocycles. The molecule has 360 valence electrons. The second-order valence-corrected chi connectivity index (χ2v) is 18.7. The fourth-order valence-corrected chi connectivity index (χ4v) is 9.21. The molecule has 0 spiro atoms. The molecule has 0 aliphatic rings. The van der Waals surface area contributed by atoms with Crippen LogP contribution < -0.4 is 10.6 Å². The number of oxime groups is 2. The lowest BCUT2D eigenvalue weighted by Gasteiger charge is -2.36. The molecule has 2 heterocycles. The van der Waals surface area contributed by atoms with Crippen molar-refractivity contribution >= 4 is 56.3 Å². The van der Waals surface area contributed by atoms with Crippen LogP contribution in [0, 0.1) is 0 Å². The van der Waals surface area contributed by atoms with Crippen LogP contribution in [0.15, 0.2) is 203 Å². The first kappa shape index (κ1) is 49.6. The lowest BCUT2D eigenvalue weighted by Crippen LogP contribution is -2.38. The van der Waals surface area contributed by atoms with E-state index in [2.05, 4.69) is 20.9 Å². The number of methoxy groups -OCH3 is 2. The number of esters is 2. The minimum absolute atomic E-state index is 0.0553. The summed E-state index contributed by atoms with van der Waals surface area (Å²) < 4.78 is 16.5. The van der Waals surface area contributed by atoms with Gasteiger partial charge in [0, 0.05) is 52.7 Å². The third-order valence-electron chi connectivity index (χ3n) is 11.6. The summed E-state index contributed by atoms with van der Waals surface area (Å²) in [6, 6.07) is 60.0. The van der Waals surface area contributed by atoms with E-state index in [4.69, 9.17) is 33.9 Å². The summed E-state index contributed by atoms with van der Waals surface area (Å²) in [6.07, 6.45) is 0. The van der Waals surface area contributed by atoms with Gasteiger partial charge in [0.1, 0.15) is 22.5 Å². The van der Waals surface area contributed by atoms with Crippen LogP contribution in [0.1, 0.15) is 72.5 Å². The second kappa shape index (κ2) is 21.9. The fraction of sp³-hybridized carbons (Fsp3) is 0.179.